The summed E-state index contributed by atoms with van der Waals surface area (Å²) in [5.41, 5.74) is 0.836. The van der Waals surface area contributed by atoms with Crippen LogP contribution in [0.5, 0.6) is 11.5 Å². The van der Waals surface area contributed by atoms with Crippen LogP contribution in [0.25, 0.3) is 10.9 Å². The number of rotatable bonds is 8. The fraction of sp³-hybridized carbons (Fsp3) is 0.417. The van der Waals surface area contributed by atoms with Crippen LogP contribution in [0.2, 0.25) is 0 Å². The minimum absolute atomic E-state index is 0.0783. The number of allylic oxidation sites excluding steroid dienone is 4. The van der Waals surface area contributed by atoms with E-state index in [2.05, 4.69) is 33.8 Å². The van der Waals surface area contributed by atoms with Crippen molar-refractivity contribution in [2.75, 3.05) is 47.5 Å². The molecule has 2 heterocycles. The number of halogens is 3. The van der Waals surface area contributed by atoms with Gasteiger partial charge in [-0.3, -0.25) is 0 Å². The second-order valence-corrected chi connectivity index (χ2v) is 8.36. The van der Waals surface area contributed by atoms with Crippen LogP contribution in [0, 0.1) is 0 Å². The summed E-state index contributed by atoms with van der Waals surface area (Å²) in [6.45, 7) is 8.15. The summed E-state index contributed by atoms with van der Waals surface area (Å²) >= 11 is 11.3. The quantitative estimate of drug-likeness (QED) is 0.515. The molecule has 0 bridgehead atoms. The Balaban J connectivity index is 0.000000273. The lowest BCUT2D eigenvalue weighted by Gasteiger charge is -2.30. The van der Waals surface area contributed by atoms with Gasteiger partial charge in [0.1, 0.15) is 24.9 Å². The van der Waals surface area contributed by atoms with Crippen LogP contribution in [-0.2, 0) is 4.74 Å². The smallest absolute Gasteiger partial charge is 0.163 e. The first-order chi connectivity index (χ1) is 16.3. The molecule has 2 unspecified atom stereocenters. The van der Waals surface area contributed by atoms with E-state index in [4.69, 9.17) is 37.4 Å². The van der Waals surface area contributed by atoms with Gasteiger partial charge in [0.2, 0.25) is 0 Å². The summed E-state index contributed by atoms with van der Waals surface area (Å²) in [6, 6.07) is 3.32. The Hall–Kier alpha value is -2.23. The lowest BCUT2D eigenvalue weighted by atomic mass is 10.2. The van der Waals surface area contributed by atoms with Crippen LogP contribution in [0.4, 0.5) is 4.39 Å². The normalized spacial score (nSPS) is 18.4. The maximum absolute atomic E-state index is 13.3. The first-order valence-electron chi connectivity index (χ1n) is 10.7. The predicted octanol–water partition coefficient (Wildman–Crippen LogP) is 4.67. The molecule has 0 saturated carbocycles. The first kappa shape index (κ1) is 28.0. The Kier molecular flexibility index (Phi) is 11.7. The third kappa shape index (κ3) is 8.21. The van der Waals surface area contributed by atoms with Gasteiger partial charge in [-0.05, 0) is 33.2 Å². The predicted molar refractivity (Wildman–Crippen MR) is 135 cm³/mol. The van der Waals surface area contributed by atoms with Gasteiger partial charge in [0.05, 0.1) is 35.3 Å². The zero-order valence-electron chi connectivity index (χ0n) is 19.9. The molecule has 1 aromatic heterocycles. The van der Waals surface area contributed by atoms with E-state index < -0.39 is 11.9 Å². The zero-order chi connectivity index (χ0) is 25.1. The molecule has 7 nitrogen and oxygen atoms in total. The zero-order valence-corrected chi connectivity index (χ0v) is 21.4. The Bertz CT molecular complexity index is 1020. The number of fused-ring (bicyclic) bond motifs is 1. The fourth-order valence-corrected chi connectivity index (χ4v) is 3.43. The van der Waals surface area contributed by atoms with Crippen LogP contribution >= 0.6 is 23.2 Å². The molecule has 0 amide bonds. The average molecular weight is 513 g/mol. The Morgan fingerprint density at radius 1 is 1.41 bits per heavy atom. The number of morpholine rings is 1. The van der Waals surface area contributed by atoms with E-state index in [1.54, 1.807) is 27.3 Å². The highest BCUT2D eigenvalue weighted by Gasteiger charge is 2.19. The first-order valence-corrected chi connectivity index (χ1v) is 11.5. The van der Waals surface area contributed by atoms with E-state index in [1.165, 1.54) is 18.5 Å². The van der Waals surface area contributed by atoms with Gasteiger partial charge in [-0.1, -0.05) is 35.9 Å². The highest BCUT2D eigenvalue weighted by Crippen LogP contribution is 2.31. The van der Waals surface area contributed by atoms with E-state index in [0.717, 1.165) is 30.6 Å². The second kappa shape index (κ2) is 14.2. The summed E-state index contributed by atoms with van der Waals surface area (Å²) in [6.07, 6.45) is 6.24. The van der Waals surface area contributed by atoms with Gasteiger partial charge >= 0.3 is 0 Å². The van der Waals surface area contributed by atoms with Gasteiger partial charge in [0, 0.05) is 30.7 Å². The molecule has 1 aromatic carbocycles. The largest absolute Gasteiger partial charge is 0.493 e. The summed E-state index contributed by atoms with van der Waals surface area (Å²) in [4.78, 5) is 10.5. The summed E-state index contributed by atoms with van der Waals surface area (Å²) in [5, 5.41) is 3.71. The Morgan fingerprint density at radius 2 is 2.18 bits per heavy atom. The van der Waals surface area contributed by atoms with Crippen molar-refractivity contribution in [2.24, 2.45) is 0 Å². The van der Waals surface area contributed by atoms with Crippen LogP contribution in [-0.4, -0.2) is 74.5 Å². The highest BCUT2D eigenvalue weighted by atomic mass is 35.5. The number of hydrogen-bond donors (Lipinski definition) is 1. The SMILES string of the molecule is C=C/C=C(Cl)\C(Cl)=C(\F)C(C)NC.COc1cc2cncnc2cc1OCC1CN(C)CCO1. The van der Waals surface area contributed by atoms with Gasteiger partial charge in [0.25, 0.3) is 0 Å². The van der Waals surface area contributed by atoms with Crippen molar-refractivity contribution in [1.82, 2.24) is 20.2 Å². The lowest BCUT2D eigenvalue weighted by Crippen LogP contribution is -2.42. The Morgan fingerprint density at radius 3 is 2.82 bits per heavy atom. The molecule has 2 atom stereocenters. The van der Waals surface area contributed by atoms with E-state index >= 15 is 0 Å². The number of benzene rings is 1. The average Bonchev–Trinajstić information content (AvgIpc) is 2.86. The van der Waals surface area contributed by atoms with Crippen LogP contribution in [0.1, 0.15) is 6.92 Å². The van der Waals surface area contributed by atoms with Gasteiger partial charge in [-0.2, -0.15) is 0 Å². The topological polar surface area (TPSA) is 68.7 Å². The number of likely N-dealkylation sites (N-methyl/N-ethyl adjacent to an activating group) is 2. The Labute approximate surface area is 210 Å². The molecule has 1 aliphatic heterocycles. The van der Waals surface area contributed by atoms with Crippen molar-refractivity contribution in [3.63, 3.8) is 0 Å². The fourth-order valence-electron chi connectivity index (χ4n) is 3.02. The second-order valence-electron chi connectivity index (χ2n) is 7.57. The molecule has 34 heavy (non-hydrogen) atoms. The standard InChI is InChI=1S/C15H19N3O3.C9H12Cl2FN/c1-18-3-4-20-12(8-18)9-21-15-6-13-11(5-14(15)19-2)7-16-10-17-13;1-4-5-7(10)8(11)9(12)6(2)13-3/h5-7,10,12H,3-4,8-9H2,1-2H3;4-6,13H,1H2,2-3H3/b;7-5+,9-8-. The van der Waals surface area contributed by atoms with E-state index in [0.29, 0.717) is 18.1 Å². The molecule has 0 radical (unpaired) electrons. The molecule has 0 aliphatic carbocycles. The van der Waals surface area contributed by atoms with E-state index in [-0.39, 0.29) is 16.2 Å². The summed E-state index contributed by atoms with van der Waals surface area (Å²) < 4.78 is 30.3. The molecule has 10 heteroatoms. The molecular formula is C24H31Cl2FN4O3. The third-order valence-corrected chi connectivity index (χ3v) is 5.85. The minimum atomic E-state index is -0.479. The van der Waals surface area contributed by atoms with Gasteiger partial charge < -0.3 is 24.4 Å². The molecule has 1 saturated heterocycles. The monoisotopic (exact) mass is 512 g/mol. The van der Waals surface area contributed by atoms with Gasteiger partial charge in [-0.25, -0.2) is 14.4 Å². The van der Waals surface area contributed by atoms with Crippen molar-refractivity contribution in [3.05, 3.63) is 59.3 Å². The maximum Gasteiger partial charge on any atom is 0.163 e. The molecule has 1 N–H and O–H groups in total. The van der Waals surface area contributed by atoms with Crippen LogP contribution in [0.3, 0.4) is 0 Å². The molecular weight excluding hydrogens is 482 g/mol. The van der Waals surface area contributed by atoms with Gasteiger partial charge in [0.15, 0.2) is 11.5 Å². The van der Waals surface area contributed by atoms with Crippen molar-refractivity contribution >= 4 is 34.1 Å². The lowest BCUT2D eigenvalue weighted by molar-refractivity contribution is -0.0406. The van der Waals surface area contributed by atoms with E-state index in [9.17, 15) is 4.39 Å². The number of methoxy groups -OCH3 is 1. The van der Waals surface area contributed by atoms with Gasteiger partial charge in [-0.15, -0.1) is 0 Å². The number of hydrogen-bond acceptors (Lipinski definition) is 7. The molecule has 2 aromatic rings. The van der Waals surface area contributed by atoms with Crippen molar-refractivity contribution in [1.29, 1.82) is 0 Å². The third-order valence-electron chi connectivity index (χ3n) is 5.05. The molecule has 1 aliphatic rings. The molecule has 186 valence electrons. The van der Waals surface area contributed by atoms with Crippen molar-refractivity contribution in [3.8, 4) is 11.5 Å². The summed E-state index contributed by atoms with van der Waals surface area (Å²) in [5.74, 6) is 0.884. The maximum atomic E-state index is 13.3. The molecule has 0 spiro atoms. The van der Waals surface area contributed by atoms with Crippen LogP contribution in [0.15, 0.2) is 59.3 Å². The summed E-state index contributed by atoms with van der Waals surface area (Å²) in [7, 11) is 5.35. The number of nitrogens with one attached hydrogen (secondary N) is 1. The number of nitrogens with zero attached hydrogens (tertiary/aromatic N) is 3. The minimum Gasteiger partial charge on any atom is -0.493 e. The molecule has 3 rings (SSSR count). The van der Waals surface area contributed by atoms with Crippen molar-refractivity contribution < 1.29 is 18.6 Å². The van der Waals surface area contributed by atoms with E-state index in [1.807, 2.05) is 12.1 Å². The molecule has 1 fully saturated rings. The van der Waals surface area contributed by atoms with Crippen LogP contribution < -0.4 is 14.8 Å². The number of aromatic nitrogens is 2. The van der Waals surface area contributed by atoms with Crippen molar-refractivity contribution in [2.45, 2.75) is 19.1 Å². The number of ether oxygens (including phenoxy) is 3. The highest BCUT2D eigenvalue weighted by molar-refractivity contribution is 6.44.